The Hall–Kier alpha value is -2.15. The molecule has 2 N–H and O–H groups in total. The third-order valence-electron chi connectivity index (χ3n) is 4.60. The van der Waals surface area contributed by atoms with Crippen molar-refractivity contribution in [3.8, 4) is 0 Å². The quantitative estimate of drug-likeness (QED) is 0.637. The van der Waals surface area contributed by atoms with Gasteiger partial charge in [-0.15, -0.1) is 0 Å². The van der Waals surface area contributed by atoms with Crippen molar-refractivity contribution >= 4 is 20.9 Å². The van der Waals surface area contributed by atoms with Crippen molar-refractivity contribution in [3.63, 3.8) is 0 Å². The highest BCUT2D eigenvalue weighted by Gasteiger charge is 2.20. The lowest BCUT2D eigenvalue weighted by Gasteiger charge is -2.18. The first-order chi connectivity index (χ1) is 12.6. The zero-order valence-corrected chi connectivity index (χ0v) is 16.0. The predicted octanol–water partition coefficient (Wildman–Crippen LogP) is 3.49. The summed E-state index contributed by atoms with van der Waals surface area (Å²) in [6.07, 6.45) is 1.95. The van der Waals surface area contributed by atoms with Crippen LogP contribution < -0.4 is 5.32 Å². The minimum absolute atomic E-state index is 0.349. The van der Waals surface area contributed by atoms with Crippen LogP contribution in [0.15, 0.2) is 59.6 Å². The maximum atomic E-state index is 12.5. The molecule has 0 aliphatic carbocycles. The van der Waals surface area contributed by atoms with Crippen molar-refractivity contribution in [2.45, 2.75) is 31.8 Å². The third kappa shape index (κ3) is 3.82. The zero-order chi connectivity index (χ0) is 18.6. The van der Waals surface area contributed by atoms with Crippen LogP contribution in [-0.4, -0.2) is 30.8 Å². The molecule has 0 saturated heterocycles. The minimum Gasteiger partial charge on any atom is -0.361 e. The monoisotopic (exact) mass is 371 g/mol. The molecule has 2 aromatic carbocycles. The van der Waals surface area contributed by atoms with Crippen LogP contribution >= 0.6 is 0 Å². The van der Waals surface area contributed by atoms with E-state index in [0.717, 1.165) is 17.6 Å². The molecule has 26 heavy (non-hydrogen) atoms. The topological polar surface area (TPSA) is 65.2 Å². The number of benzene rings is 2. The molecule has 3 aromatic rings. The highest BCUT2D eigenvalue weighted by atomic mass is 32.2. The van der Waals surface area contributed by atoms with Crippen LogP contribution in [0.5, 0.6) is 0 Å². The van der Waals surface area contributed by atoms with Gasteiger partial charge in [0.2, 0.25) is 10.0 Å². The number of aromatic nitrogens is 1. The van der Waals surface area contributed by atoms with Crippen LogP contribution in [0.4, 0.5) is 0 Å². The molecule has 0 amide bonds. The summed E-state index contributed by atoms with van der Waals surface area (Å²) in [6, 6.07) is 15.4. The Labute approximate surface area is 155 Å². The molecular formula is C20H25N3O2S. The second kappa shape index (κ2) is 8.03. The largest absolute Gasteiger partial charge is 0.361 e. The van der Waals surface area contributed by atoms with E-state index in [-0.39, 0.29) is 0 Å². The van der Waals surface area contributed by atoms with Crippen LogP contribution in [-0.2, 0) is 23.1 Å². The fourth-order valence-electron chi connectivity index (χ4n) is 3.14. The van der Waals surface area contributed by atoms with E-state index in [9.17, 15) is 8.42 Å². The Kier molecular flexibility index (Phi) is 5.76. The van der Waals surface area contributed by atoms with Gasteiger partial charge < -0.3 is 10.3 Å². The highest BCUT2D eigenvalue weighted by Crippen LogP contribution is 2.18. The number of rotatable bonds is 8. The Bertz CT molecular complexity index is 958. The van der Waals surface area contributed by atoms with Crippen LogP contribution in [0.2, 0.25) is 0 Å². The molecule has 0 aliphatic rings. The molecule has 3 rings (SSSR count). The van der Waals surface area contributed by atoms with Gasteiger partial charge in [-0.2, -0.15) is 4.31 Å². The molecule has 0 atom stereocenters. The van der Waals surface area contributed by atoms with E-state index in [1.165, 1.54) is 15.3 Å². The average molecular weight is 372 g/mol. The number of hydrogen-bond donors (Lipinski definition) is 2. The summed E-state index contributed by atoms with van der Waals surface area (Å²) in [5.74, 6) is 0. The lowest BCUT2D eigenvalue weighted by molar-refractivity contribution is 0.445. The summed E-state index contributed by atoms with van der Waals surface area (Å²) in [6.45, 7) is 6.11. The molecule has 1 aromatic heterocycles. The summed E-state index contributed by atoms with van der Waals surface area (Å²) in [5, 5.41) is 4.65. The first-order valence-electron chi connectivity index (χ1n) is 8.91. The van der Waals surface area contributed by atoms with Gasteiger partial charge >= 0.3 is 0 Å². The standard InChI is InChI=1S/C20H25N3O2S/c1-3-23(4-2)26(24,25)18-10-8-16(9-11-18)14-21-15-17-6-5-7-20-19(17)12-13-22-20/h5-13,21-22H,3-4,14-15H2,1-2H3. The van der Waals surface area contributed by atoms with E-state index < -0.39 is 10.0 Å². The molecule has 0 bridgehead atoms. The van der Waals surface area contributed by atoms with Crippen LogP contribution in [0.3, 0.4) is 0 Å². The number of hydrogen-bond acceptors (Lipinski definition) is 3. The second-order valence-corrected chi connectivity index (χ2v) is 8.13. The molecule has 138 valence electrons. The van der Waals surface area contributed by atoms with Gasteiger partial charge in [-0.25, -0.2) is 8.42 Å². The first kappa shape index (κ1) is 18.6. The number of H-pyrrole nitrogens is 1. The van der Waals surface area contributed by atoms with Crippen molar-refractivity contribution < 1.29 is 8.42 Å². The summed E-state index contributed by atoms with van der Waals surface area (Å²) >= 11 is 0. The van der Waals surface area contributed by atoms with Gasteiger partial charge in [0.1, 0.15) is 0 Å². The number of nitrogens with one attached hydrogen (secondary N) is 2. The van der Waals surface area contributed by atoms with Gasteiger partial charge in [0, 0.05) is 43.3 Å². The molecule has 0 radical (unpaired) electrons. The Morgan fingerprint density at radius 2 is 1.69 bits per heavy atom. The number of fused-ring (bicyclic) bond motifs is 1. The fourth-order valence-corrected chi connectivity index (χ4v) is 4.60. The molecule has 0 spiro atoms. The molecule has 0 unspecified atom stereocenters. The van der Waals surface area contributed by atoms with E-state index in [1.54, 1.807) is 12.1 Å². The SMILES string of the molecule is CCN(CC)S(=O)(=O)c1ccc(CNCc2cccc3[nH]ccc23)cc1. The first-order valence-corrected chi connectivity index (χ1v) is 10.3. The normalized spacial score (nSPS) is 12.1. The van der Waals surface area contributed by atoms with Crippen LogP contribution in [0, 0.1) is 0 Å². The van der Waals surface area contributed by atoms with Crippen molar-refractivity contribution in [1.29, 1.82) is 0 Å². The van der Waals surface area contributed by atoms with E-state index in [2.05, 4.69) is 28.5 Å². The lowest BCUT2D eigenvalue weighted by Crippen LogP contribution is -2.30. The number of aromatic amines is 1. The van der Waals surface area contributed by atoms with Gasteiger partial charge in [0.25, 0.3) is 0 Å². The third-order valence-corrected chi connectivity index (χ3v) is 6.66. The van der Waals surface area contributed by atoms with Crippen molar-refractivity contribution in [2.24, 2.45) is 0 Å². The summed E-state index contributed by atoms with van der Waals surface area (Å²) < 4.78 is 26.5. The predicted molar refractivity (Wildman–Crippen MR) is 105 cm³/mol. The van der Waals surface area contributed by atoms with E-state index in [4.69, 9.17) is 0 Å². The summed E-state index contributed by atoms with van der Waals surface area (Å²) in [7, 11) is -3.39. The molecule has 0 saturated carbocycles. The van der Waals surface area contributed by atoms with Gasteiger partial charge in [-0.3, -0.25) is 0 Å². The van der Waals surface area contributed by atoms with Crippen LogP contribution in [0.25, 0.3) is 10.9 Å². The fraction of sp³-hybridized carbons (Fsp3) is 0.300. The molecule has 0 aliphatic heterocycles. The minimum atomic E-state index is -3.39. The van der Waals surface area contributed by atoms with Crippen molar-refractivity contribution in [3.05, 3.63) is 65.9 Å². The maximum Gasteiger partial charge on any atom is 0.243 e. The van der Waals surface area contributed by atoms with E-state index >= 15 is 0 Å². The van der Waals surface area contributed by atoms with Crippen molar-refractivity contribution in [2.75, 3.05) is 13.1 Å². The van der Waals surface area contributed by atoms with E-state index in [0.29, 0.717) is 24.5 Å². The zero-order valence-electron chi connectivity index (χ0n) is 15.2. The molecule has 1 heterocycles. The molecule has 6 heteroatoms. The summed E-state index contributed by atoms with van der Waals surface area (Å²) in [5.41, 5.74) is 3.43. The number of nitrogens with zero attached hydrogens (tertiary/aromatic N) is 1. The summed E-state index contributed by atoms with van der Waals surface area (Å²) in [4.78, 5) is 3.57. The van der Waals surface area contributed by atoms with E-state index in [1.807, 2.05) is 38.2 Å². The Balaban J connectivity index is 1.64. The average Bonchev–Trinajstić information content (AvgIpc) is 3.12. The molecule has 0 fully saturated rings. The van der Waals surface area contributed by atoms with Gasteiger partial charge in [0.15, 0.2) is 0 Å². The van der Waals surface area contributed by atoms with Gasteiger partial charge in [0.05, 0.1) is 4.90 Å². The molecular weight excluding hydrogens is 346 g/mol. The second-order valence-electron chi connectivity index (χ2n) is 6.19. The van der Waals surface area contributed by atoms with Crippen LogP contribution in [0.1, 0.15) is 25.0 Å². The molecule has 5 nitrogen and oxygen atoms in total. The van der Waals surface area contributed by atoms with Crippen molar-refractivity contribution in [1.82, 2.24) is 14.6 Å². The number of sulfonamides is 1. The highest BCUT2D eigenvalue weighted by molar-refractivity contribution is 7.89. The van der Waals surface area contributed by atoms with Gasteiger partial charge in [-0.05, 0) is 35.4 Å². The maximum absolute atomic E-state index is 12.5. The Morgan fingerprint density at radius 1 is 0.962 bits per heavy atom. The van der Waals surface area contributed by atoms with Gasteiger partial charge in [-0.1, -0.05) is 38.1 Å². The smallest absolute Gasteiger partial charge is 0.243 e. The Morgan fingerprint density at radius 3 is 2.38 bits per heavy atom. The lowest BCUT2D eigenvalue weighted by atomic mass is 10.1.